The summed E-state index contributed by atoms with van der Waals surface area (Å²) in [6.07, 6.45) is 4.07. The highest BCUT2D eigenvalue weighted by Gasteiger charge is 2.27. The van der Waals surface area contributed by atoms with Crippen molar-refractivity contribution in [3.05, 3.63) is 35.4 Å². The lowest BCUT2D eigenvalue weighted by atomic mass is 9.95. The number of nitrogens with one attached hydrogen (secondary N) is 1. The predicted octanol–water partition coefficient (Wildman–Crippen LogP) is 3.06. The van der Waals surface area contributed by atoms with Gasteiger partial charge in [-0.15, -0.1) is 0 Å². The van der Waals surface area contributed by atoms with Crippen LogP contribution in [0.1, 0.15) is 49.8 Å². The molecule has 2 aliphatic heterocycles. The molecule has 4 heteroatoms. The molecule has 2 aliphatic rings. The third-order valence-corrected chi connectivity index (χ3v) is 5.41. The van der Waals surface area contributed by atoms with Crippen LogP contribution in [0.3, 0.4) is 0 Å². The summed E-state index contributed by atoms with van der Waals surface area (Å²) in [5.41, 5.74) is 2.57. The number of ether oxygens (including phenoxy) is 1. The molecule has 1 aromatic carbocycles. The summed E-state index contributed by atoms with van der Waals surface area (Å²) in [5, 5.41) is 3.14. The van der Waals surface area contributed by atoms with E-state index in [1.54, 1.807) is 0 Å². The van der Waals surface area contributed by atoms with Gasteiger partial charge in [0.2, 0.25) is 5.91 Å². The molecule has 2 heterocycles. The summed E-state index contributed by atoms with van der Waals surface area (Å²) in [6.45, 7) is 8.03. The maximum absolute atomic E-state index is 12.3. The molecule has 0 bridgehead atoms. The number of aryl methyl sites for hydroxylation is 1. The average molecular weight is 330 g/mol. The van der Waals surface area contributed by atoms with E-state index >= 15 is 0 Å². The van der Waals surface area contributed by atoms with Gasteiger partial charge in [0, 0.05) is 13.2 Å². The van der Waals surface area contributed by atoms with E-state index in [2.05, 4.69) is 48.3 Å². The maximum atomic E-state index is 12.3. The van der Waals surface area contributed by atoms with E-state index in [1.165, 1.54) is 24.0 Å². The third kappa shape index (κ3) is 4.37. The number of carbonyl (C=O) groups excluding carboxylic acids is 1. The Kier molecular flexibility index (Phi) is 5.90. The molecule has 1 aromatic rings. The molecule has 1 N–H and O–H groups in total. The Morgan fingerprint density at radius 2 is 1.96 bits per heavy atom. The van der Waals surface area contributed by atoms with Gasteiger partial charge in [-0.25, -0.2) is 0 Å². The average Bonchev–Trinajstić information content (AvgIpc) is 3.12. The Morgan fingerprint density at radius 3 is 2.58 bits per heavy atom. The van der Waals surface area contributed by atoms with Crippen molar-refractivity contribution in [2.45, 2.75) is 51.7 Å². The van der Waals surface area contributed by atoms with Crippen LogP contribution in [0.5, 0.6) is 0 Å². The molecule has 1 amide bonds. The predicted molar refractivity (Wildman–Crippen MR) is 95.9 cm³/mol. The normalized spacial score (nSPS) is 24.0. The summed E-state index contributed by atoms with van der Waals surface area (Å²) < 4.78 is 5.50. The van der Waals surface area contributed by atoms with E-state index in [-0.39, 0.29) is 18.1 Å². The highest BCUT2D eigenvalue weighted by molar-refractivity contribution is 5.81. The minimum atomic E-state index is -0.245. The van der Waals surface area contributed by atoms with E-state index in [0.717, 1.165) is 31.8 Å². The van der Waals surface area contributed by atoms with Crippen LogP contribution in [0.15, 0.2) is 24.3 Å². The van der Waals surface area contributed by atoms with Crippen molar-refractivity contribution < 1.29 is 9.53 Å². The Bertz CT molecular complexity index is 529. The first kappa shape index (κ1) is 17.4. The lowest BCUT2D eigenvalue weighted by Gasteiger charge is -2.37. The van der Waals surface area contributed by atoms with Gasteiger partial charge >= 0.3 is 0 Å². The summed E-state index contributed by atoms with van der Waals surface area (Å²) in [7, 11) is 0. The SMILES string of the molecule is Cc1ccc(C(CNC(=O)C2CCCO2)N2CCC(C)CC2)cc1. The molecule has 4 nitrogen and oxygen atoms in total. The highest BCUT2D eigenvalue weighted by Crippen LogP contribution is 2.27. The molecule has 0 aliphatic carbocycles. The molecule has 0 saturated carbocycles. The third-order valence-electron chi connectivity index (χ3n) is 5.41. The van der Waals surface area contributed by atoms with Gasteiger partial charge in [0.05, 0.1) is 6.04 Å². The second-order valence-electron chi connectivity index (χ2n) is 7.39. The van der Waals surface area contributed by atoms with Crippen LogP contribution >= 0.6 is 0 Å². The van der Waals surface area contributed by atoms with Gasteiger partial charge in [0.15, 0.2) is 0 Å². The summed E-state index contributed by atoms with van der Waals surface area (Å²) in [6, 6.07) is 8.99. The van der Waals surface area contributed by atoms with Gasteiger partial charge in [-0.1, -0.05) is 36.8 Å². The molecular weight excluding hydrogens is 300 g/mol. The van der Waals surface area contributed by atoms with Crippen molar-refractivity contribution >= 4 is 5.91 Å². The zero-order valence-corrected chi connectivity index (χ0v) is 15.0. The number of hydrogen-bond donors (Lipinski definition) is 1. The number of hydrogen-bond acceptors (Lipinski definition) is 3. The smallest absolute Gasteiger partial charge is 0.249 e. The van der Waals surface area contributed by atoms with Crippen molar-refractivity contribution in [2.24, 2.45) is 5.92 Å². The minimum Gasteiger partial charge on any atom is -0.368 e. The molecule has 2 atom stereocenters. The number of amides is 1. The molecule has 0 spiro atoms. The molecule has 0 aromatic heterocycles. The molecule has 2 unspecified atom stereocenters. The fraction of sp³-hybridized carbons (Fsp3) is 0.650. The first-order chi connectivity index (χ1) is 11.6. The lowest BCUT2D eigenvalue weighted by molar-refractivity contribution is -0.130. The van der Waals surface area contributed by atoms with Crippen LogP contribution in [0, 0.1) is 12.8 Å². The molecular formula is C20H30N2O2. The Balaban J connectivity index is 1.66. The number of carbonyl (C=O) groups is 1. The summed E-state index contributed by atoms with van der Waals surface area (Å²) in [5.74, 6) is 0.858. The first-order valence-electron chi connectivity index (χ1n) is 9.33. The lowest BCUT2D eigenvalue weighted by Crippen LogP contribution is -2.44. The van der Waals surface area contributed by atoms with Gasteiger partial charge in [0.25, 0.3) is 0 Å². The van der Waals surface area contributed by atoms with Crippen LogP contribution in [-0.4, -0.2) is 43.2 Å². The van der Waals surface area contributed by atoms with Crippen LogP contribution in [0.2, 0.25) is 0 Å². The van der Waals surface area contributed by atoms with Gasteiger partial charge < -0.3 is 10.1 Å². The highest BCUT2D eigenvalue weighted by atomic mass is 16.5. The zero-order valence-electron chi connectivity index (χ0n) is 15.0. The van der Waals surface area contributed by atoms with Crippen LogP contribution < -0.4 is 5.32 Å². The molecule has 132 valence electrons. The van der Waals surface area contributed by atoms with Crippen molar-refractivity contribution in [2.75, 3.05) is 26.2 Å². The largest absolute Gasteiger partial charge is 0.368 e. The molecule has 0 radical (unpaired) electrons. The van der Waals surface area contributed by atoms with Crippen LogP contribution in [0.25, 0.3) is 0 Å². The van der Waals surface area contributed by atoms with Crippen molar-refractivity contribution in [3.8, 4) is 0 Å². The molecule has 2 fully saturated rings. The summed E-state index contributed by atoms with van der Waals surface area (Å²) in [4.78, 5) is 14.8. The molecule has 3 rings (SSSR count). The van der Waals surface area contributed by atoms with E-state index < -0.39 is 0 Å². The van der Waals surface area contributed by atoms with Crippen molar-refractivity contribution in [3.63, 3.8) is 0 Å². The number of piperidine rings is 1. The fourth-order valence-electron chi connectivity index (χ4n) is 3.68. The number of rotatable bonds is 5. The van der Waals surface area contributed by atoms with E-state index in [9.17, 15) is 4.79 Å². The fourth-order valence-corrected chi connectivity index (χ4v) is 3.68. The van der Waals surface area contributed by atoms with E-state index in [4.69, 9.17) is 4.74 Å². The second-order valence-corrected chi connectivity index (χ2v) is 7.39. The van der Waals surface area contributed by atoms with Gasteiger partial charge in [0.1, 0.15) is 6.10 Å². The standard InChI is InChI=1S/C20H30N2O2/c1-15-5-7-17(8-6-15)18(22-11-9-16(2)10-12-22)14-21-20(23)19-4-3-13-24-19/h5-8,16,18-19H,3-4,9-14H2,1-2H3,(H,21,23). The van der Waals surface area contributed by atoms with Gasteiger partial charge in [-0.2, -0.15) is 0 Å². The molecule has 2 saturated heterocycles. The Labute approximate surface area is 145 Å². The minimum absolute atomic E-state index is 0.0509. The molecule has 24 heavy (non-hydrogen) atoms. The van der Waals surface area contributed by atoms with Crippen molar-refractivity contribution in [1.82, 2.24) is 10.2 Å². The van der Waals surface area contributed by atoms with E-state index in [0.29, 0.717) is 13.2 Å². The first-order valence-corrected chi connectivity index (χ1v) is 9.33. The van der Waals surface area contributed by atoms with Crippen LogP contribution in [0.4, 0.5) is 0 Å². The monoisotopic (exact) mass is 330 g/mol. The maximum Gasteiger partial charge on any atom is 0.249 e. The zero-order chi connectivity index (χ0) is 16.9. The number of likely N-dealkylation sites (tertiary alicyclic amines) is 1. The second kappa shape index (κ2) is 8.13. The van der Waals surface area contributed by atoms with Crippen LogP contribution in [-0.2, 0) is 9.53 Å². The topological polar surface area (TPSA) is 41.6 Å². The number of nitrogens with zero attached hydrogens (tertiary/aromatic N) is 1. The van der Waals surface area contributed by atoms with E-state index in [1.807, 2.05) is 0 Å². The van der Waals surface area contributed by atoms with Crippen molar-refractivity contribution in [1.29, 1.82) is 0 Å². The number of benzene rings is 1. The Morgan fingerprint density at radius 1 is 1.25 bits per heavy atom. The van der Waals surface area contributed by atoms with Gasteiger partial charge in [-0.3, -0.25) is 9.69 Å². The van der Waals surface area contributed by atoms with Gasteiger partial charge in [-0.05, 0) is 57.2 Å². The Hall–Kier alpha value is -1.39. The quantitative estimate of drug-likeness (QED) is 0.902. The summed E-state index contributed by atoms with van der Waals surface area (Å²) >= 11 is 0.